The van der Waals surface area contributed by atoms with Crippen molar-refractivity contribution < 1.29 is 0 Å². The van der Waals surface area contributed by atoms with Crippen LogP contribution in [0, 0.1) is 5.92 Å². The van der Waals surface area contributed by atoms with E-state index in [4.69, 9.17) is 5.73 Å². The monoisotopic (exact) mass is 250 g/mol. The molecule has 1 saturated heterocycles. The summed E-state index contributed by atoms with van der Waals surface area (Å²) in [7, 11) is 0. The third kappa shape index (κ3) is 2.45. The lowest BCUT2D eigenvalue weighted by Gasteiger charge is -2.31. The van der Waals surface area contributed by atoms with Gasteiger partial charge in [-0.1, -0.05) is 6.92 Å². The lowest BCUT2D eigenvalue weighted by Crippen LogP contribution is -2.37. The van der Waals surface area contributed by atoms with Crippen LogP contribution >= 0.6 is 0 Å². The van der Waals surface area contributed by atoms with Gasteiger partial charge in [0.25, 0.3) is 0 Å². The topological polar surface area (TPSA) is 47.1 Å². The Bertz CT molecular complexity index is 385. The summed E-state index contributed by atoms with van der Waals surface area (Å²) in [6, 6.07) is 1.35. The largest absolute Gasteiger partial charge is 0.331 e. The van der Waals surface area contributed by atoms with Crippen molar-refractivity contribution in [1.29, 1.82) is 0 Å². The van der Waals surface area contributed by atoms with Crippen LogP contribution in [-0.4, -0.2) is 33.6 Å². The Balaban J connectivity index is 2.25. The van der Waals surface area contributed by atoms with Gasteiger partial charge in [-0.2, -0.15) is 0 Å². The van der Waals surface area contributed by atoms with E-state index in [1.54, 1.807) is 0 Å². The van der Waals surface area contributed by atoms with Crippen molar-refractivity contribution in [2.45, 2.75) is 52.2 Å². The van der Waals surface area contributed by atoms with Gasteiger partial charge in [0.2, 0.25) is 0 Å². The molecule has 4 heteroatoms. The number of likely N-dealkylation sites (tertiary alicyclic amines) is 1. The highest BCUT2D eigenvalue weighted by molar-refractivity contribution is 5.09. The van der Waals surface area contributed by atoms with Gasteiger partial charge in [-0.25, -0.2) is 4.98 Å². The highest BCUT2D eigenvalue weighted by Crippen LogP contribution is 2.32. The molecule has 0 radical (unpaired) electrons. The average Bonchev–Trinajstić information content (AvgIpc) is 2.88. The van der Waals surface area contributed by atoms with E-state index in [2.05, 4.69) is 42.1 Å². The van der Waals surface area contributed by atoms with Crippen LogP contribution in [-0.2, 0) is 0 Å². The molecule has 0 aliphatic carbocycles. The summed E-state index contributed by atoms with van der Waals surface area (Å²) in [5.74, 6) is 0.768. The van der Waals surface area contributed by atoms with Gasteiger partial charge in [-0.15, -0.1) is 0 Å². The third-order valence-corrected chi connectivity index (χ3v) is 4.05. The van der Waals surface area contributed by atoms with E-state index in [0.717, 1.165) is 12.5 Å². The van der Waals surface area contributed by atoms with Crippen LogP contribution in [0.25, 0.3) is 0 Å². The molecule has 1 aliphatic heterocycles. The lowest BCUT2D eigenvalue weighted by atomic mass is 10.1. The number of imidazole rings is 1. The Morgan fingerprint density at radius 1 is 1.44 bits per heavy atom. The third-order valence-electron chi connectivity index (χ3n) is 4.05. The minimum Gasteiger partial charge on any atom is -0.331 e. The average molecular weight is 250 g/mol. The molecule has 3 atom stereocenters. The highest BCUT2D eigenvalue weighted by Gasteiger charge is 2.33. The van der Waals surface area contributed by atoms with Gasteiger partial charge >= 0.3 is 0 Å². The van der Waals surface area contributed by atoms with Crippen LogP contribution in [0.15, 0.2) is 12.5 Å². The van der Waals surface area contributed by atoms with Crippen molar-refractivity contribution >= 4 is 0 Å². The first-order valence-electron chi connectivity index (χ1n) is 7.02. The number of nitrogens with two attached hydrogens (primary N) is 1. The number of hydrogen-bond acceptors (Lipinski definition) is 3. The van der Waals surface area contributed by atoms with Gasteiger partial charge in [-0.05, 0) is 33.1 Å². The van der Waals surface area contributed by atoms with Gasteiger partial charge < -0.3 is 10.3 Å². The second-order valence-corrected chi connectivity index (χ2v) is 5.96. The quantitative estimate of drug-likeness (QED) is 0.891. The van der Waals surface area contributed by atoms with Crippen molar-refractivity contribution in [1.82, 2.24) is 14.5 Å². The normalized spacial score (nSPS) is 27.0. The zero-order valence-electron chi connectivity index (χ0n) is 12.0. The summed E-state index contributed by atoms with van der Waals surface area (Å²) in [6.07, 6.45) is 5.17. The molecule has 18 heavy (non-hydrogen) atoms. The minimum atomic E-state index is 0.301. The van der Waals surface area contributed by atoms with E-state index < -0.39 is 0 Å². The zero-order chi connectivity index (χ0) is 13.3. The van der Waals surface area contributed by atoms with E-state index in [1.807, 2.05) is 12.5 Å². The maximum absolute atomic E-state index is 6.04. The molecule has 2 rings (SSSR count). The summed E-state index contributed by atoms with van der Waals surface area (Å²) in [5.41, 5.74) is 7.30. The molecule has 1 aromatic heterocycles. The number of rotatable bonds is 4. The molecule has 2 heterocycles. The summed E-state index contributed by atoms with van der Waals surface area (Å²) >= 11 is 0. The Hall–Kier alpha value is -0.870. The van der Waals surface area contributed by atoms with Crippen LogP contribution in [0.5, 0.6) is 0 Å². The predicted octanol–water partition coefficient (Wildman–Crippen LogP) is 2.19. The maximum atomic E-state index is 6.04. The van der Waals surface area contributed by atoms with Crippen LogP contribution < -0.4 is 5.73 Å². The van der Waals surface area contributed by atoms with Gasteiger partial charge in [0, 0.05) is 31.4 Å². The summed E-state index contributed by atoms with van der Waals surface area (Å²) in [4.78, 5) is 6.85. The molecule has 102 valence electrons. The molecular formula is C14H26N4. The molecule has 0 amide bonds. The molecule has 1 aliphatic rings. The number of hydrogen-bond donors (Lipinski definition) is 1. The molecule has 1 fully saturated rings. The standard InChI is InChI=1S/C14H26N4/c1-10(2)18-9-16-7-14(18)13(6-15)17-8-11(3)5-12(17)4/h7,9-13H,5-6,8,15H2,1-4H3. The number of aromatic nitrogens is 2. The Kier molecular flexibility index (Phi) is 4.07. The molecule has 3 unspecified atom stereocenters. The lowest BCUT2D eigenvalue weighted by molar-refractivity contribution is 0.183. The van der Waals surface area contributed by atoms with Crippen molar-refractivity contribution in [2.75, 3.05) is 13.1 Å². The van der Waals surface area contributed by atoms with Crippen LogP contribution in [0.1, 0.15) is 51.9 Å². The van der Waals surface area contributed by atoms with E-state index in [9.17, 15) is 0 Å². The molecule has 0 spiro atoms. The molecule has 0 aromatic carbocycles. The second-order valence-electron chi connectivity index (χ2n) is 5.96. The highest BCUT2D eigenvalue weighted by atomic mass is 15.2. The molecule has 4 nitrogen and oxygen atoms in total. The molecule has 2 N–H and O–H groups in total. The van der Waals surface area contributed by atoms with Crippen molar-refractivity contribution in [2.24, 2.45) is 11.7 Å². The van der Waals surface area contributed by atoms with Crippen molar-refractivity contribution in [3.8, 4) is 0 Å². The first-order valence-corrected chi connectivity index (χ1v) is 7.02. The maximum Gasteiger partial charge on any atom is 0.0951 e. The fourth-order valence-corrected chi connectivity index (χ4v) is 3.20. The Morgan fingerprint density at radius 3 is 2.67 bits per heavy atom. The van der Waals surface area contributed by atoms with Crippen molar-refractivity contribution in [3.63, 3.8) is 0 Å². The Morgan fingerprint density at radius 2 is 2.17 bits per heavy atom. The first-order chi connectivity index (χ1) is 8.54. The smallest absolute Gasteiger partial charge is 0.0951 e. The molecule has 0 saturated carbocycles. The van der Waals surface area contributed by atoms with E-state index in [0.29, 0.717) is 24.7 Å². The first kappa shape index (κ1) is 13.6. The minimum absolute atomic E-state index is 0.301. The Labute approximate surface area is 110 Å². The SMILES string of the molecule is CC1CC(C)N(C(CN)c2cncn2C(C)C)C1. The molecule has 0 bridgehead atoms. The van der Waals surface area contributed by atoms with Gasteiger partial charge in [0.1, 0.15) is 0 Å². The summed E-state index contributed by atoms with van der Waals surface area (Å²) in [6.45, 7) is 10.8. The van der Waals surface area contributed by atoms with E-state index >= 15 is 0 Å². The molecular weight excluding hydrogens is 224 g/mol. The van der Waals surface area contributed by atoms with E-state index in [1.165, 1.54) is 12.1 Å². The van der Waals surface area contributed by atoms with Gasteiger partial charge in [0.15, 0.2) is 0 Å². The van der Waals surface area contributed by atoms with Gasteiger partial charge in [0.05, 0.1) is 18.1 Å². The van der Waals surface area contributed by atoms with Crippen LogP contribution in [0.3, 0.4) is 0 Å². The van der Waals surface area contributed by atoms with Gasteiger partial charge in [-0.3, -0.25) is 4.90 Å². The predicted molar refractivity (Wildman–Crippen MR) is 74.4 cm³/mol. The summed E-state index contributed by atoms with van der Waals surface area (Å²) in [5, 5.41) is 0. The fourth-order valence-electron chi connectivity index (χ4n) is 3.20. The van der Waals surface area contributed by atoms with Crippen molar-refractivity contribution in [3.05, 3.63) is 18.2 Å². The summed E-state index contributed by atoms with van der Waals surface area (Å²) < 4.78 is 2.24. The fraction of sp³-hybridized carbons (Fsp3) is 0.786. The second kappa shape index (κ2) is 5.41. The van der Waals surface area contributed by atoms with Crippen LogP contribution in [0.2, 0.25) is 0 Å². The van der Waals surface area contributed by atoms with E-state index in [-0.39, 0.29) is 0 Å². The van der Waals surface area contributed by atoms with Crippen LogP contribution in [0.4, 0.5) is 0 Å². The molecule has 1 aromatic rings. The zero-order valence-corrected chi connectivity index (χ0v) is 12.0. The number of nitrogens with zero attached hydrogens (tertiary/aromatic N) is 3.